The first-order chi connectivity index (χ1) is 12.8. The number of carbonyl (C=O) groups is 2. The van der Waals surface area contributed by atoms with Crippen molar-refractivity contribution in [1.82, 2.24) is 10.4 Å². The summed E-state index contributed by atoms with van der Waals surface area (Å²) in [5, 5.41) is 22.6. The van der Waals surface area contributed by atoms with Gasteiger partial charge < -0.3 is 16.4 Å². The van der Waals surface area contributed by atoms with Gasteiger partial charge in [-0.3, -0.25) is 15.4 Å². The number of hydrogen-bond donors (Lipinski definition) is 5. The fourth-order valence-corrected chi connectivity index (χ4v) is 2.35. The van der Waals surface area contributed by atoms with E-state index in [1.54, 1.807) is 24.3 Å². The number of anilines is 1. The van der Waals surface area contributed by atoms with Crippen molar-refractivity contribution in [3.63, 3.8) is 0 Å². The van der Waals surface area contributed by atoms with Crippen LogP contribution in [0.3, 0.4) is 0 Å². The van der Waals surface area contributed by atoms with Gasteiger partial charge in [0.2, 0.25) is 5.91 Å². The van der Waals surface area contributed by atoms with Crippen molar-refractivity contribution in [2.24, 2.45) is 5.73 Å². The summed E-state index contributed by atoms with van der Waals surface area (Å²) < 4.78 is 0. The minimum absolute atomic E-state index is 0.0870. The summed E-state index contributed by atoms with van der Waals surface area (Å²) in [5.41, 5.74) is 8.32. The van der Waals surface area contributed by atoms with Crippen LogP contribution < -0.4 is 16.4 Å². The van der Waals surface area contributed by atoms with E-state index in [9.17, 15) is 14.8 Å². The molecule has 0 saturated carbocycles. The summed E-state index contributed by atoms with van der Waals surface area (Å²) in [7, 11) is 0. The number of carbonyl (C=O) groups excluding carboxylic acids is 2. The lowest BCUT2D eigenvalue weighted by Crippen LogP contribution is -2.41. The number of urea groups is 1. The van der Waals surface area contributed by atoms with Gasteiger partial charge in [-0.2, -0.15) is 5.06 Å². The summed E-state index contributed by atoms with van der Waals surface area (Å²) in [5.74, 6) is -0.580. The zero-order valence-corrected chi connectivity index (χ0v) is 15.2. The fraction of sp³-hybridized carbons (Fsp3) is 0.211. The molecular weight excluding hydrogens is 346 g/mol. The van der Waals surface area contributed by atoms with Gasteiger partial charge in [0, 0.05) is 11.3 Å². The predicted octanol–water partition coefficient (Wildman–Crippen LogP) is 2.38. The molecule has 0 fully saturated rings. The van der Waals surface area contributed by atoms with Crippen molar-refractivity contribution in [3.05, 3.63) is 65.2 Å². The number of amidine groups is 1. The Balaban J connectivity index is 1.86. The molecule has 3 amide bonds. The highest BCUT2D eigenvalue weighted by atomic mass is 16.5. The molecule has 1 unspecified atom stereocenters. The van der Waals surface area contributed by atoms with Crippen LogP contribution in [0, 0.1) is 12.3 Å². The number of amides is 3. The van der Waals surface area contributed by atoms with Crippen molar-refractivity contribution in [2.75, 3.05) is 11.9 Å². The Hall–Kier alpha value is -3.39. The third-order valence-electron chi connectivity index (χ3n) is 3.93. The smallest absolute Gasteiger partial charge is 0.346 e. The lowest BCUT2D eigenvalue weighted by molar-refractivity contribution is -0.129. The minimum atomic E-state index is -0.844. The summed E-state index contributed by atoms with van der Waals surface area (Å²) >= 11 is 0. The first-order valence-electron chi connectivity index (χ1n) is 8.34. The zero-order valence-electron chi connectivity index (χ0n) is 15.2. The third-order valence-corrected chi connectivity index (χ3v) is 3.93. The van der Waals surface area contributed by atoms with E-state index >= 15 is 0 Å². The number of rotatable bonds is 6. The van der Waals surface area contributed by atoms with Gasteiger partial charge in [-0.25, -0.2) is 4.79 Å². The molecule has 2 aromatic carbocycles. The molecular formula is C19H23N5O3. The normalized spacial score (nSPS) is 11.4. The van der Waals surface area contributed by atoms with Gasteiger partial charge in [0.15, 0.2) is 0 Å². The number of benzene rings is 2. The molecule has 27 heavy (non-hydrogen) atoms. The van der Waals surface area contributed by atoms with Gasteiger partial charge in [0.05, 0.1) is 6.04 Å². The Kier molecular flexibility index (Phi) is 6.51. The average molecular weight is 369 g/mol. The molecule has 0 saturated heterocycles. The molecule has 0 heterocycles. The molecule has 0 bridgehead atoms. The van der Waals surface area contributed by atoms with Crippen LogP contribution in [0.5, 0.6) is 0 Å². The molecule has 1 atom stereocenters. The number of hydroxylamine groups is 2. The number of nitrogens with one attached hydrogen (secondary N) is 3. The van der Waals surface area contributed by atoms with Crippen molar-refractivity contribution in [3.8, 4) is 0 Å². The van der Waals surface area contributed by atoms with Crippen LogP contribution >= 0.6 is 0 Å². The summed E-state index contributed by atoms with van der Waals surface area (Å²) in [6, 6.07) is 12.8. The second-order valence-electron chi connectivity index (χ2n) is 6.18. The molecule has 2 aromatic rings. The van der Waals surface area contributed by atoms with E-state index in [0.29, 0.717) is 16.3 Å². The Morgan fingerprint density at radius 3 is 2.30 bits per heavy atom. The Bertz CT molecular complexity index is 818. The minimum Gasteiger partial charge on any atom is -0.384 e. The van der Waals surface area contributed by atoms with E-state index in [0.717, 1.165) is 11.1 Å². The molecule has 8 nitrogen and oxygen atoms in total. The van der Waals surface area contributed by atoms with Gasteiger partial charge >= 0.3 is 6.03 Å². The molecule has 2 rings (SSSR count). The van der Waals surface area contributed by atoms with Crippen LogP contribution in [0.15, 0.2) is 48.5 Å². The number of nitrogen functional groups attached to an aromatic ring is 1. The maximum Gasteiger partial charge on any atom is 0.346 e. The monoisotopic (exact) mass is 369 g/mol. The number of aryl methyl sites for hydroxylation is 1. The molecule has 0 radical (unpaired) electrons. The van der Waals surface area contributed by atoms with Crippen LogP contribution in [0.1, 0.15) is 29.7 Å². The second kappa shape index (κ2) is 8.81. The van der Waals surface area contributed by atoms with Crippen LogP contribution in [0.25, 0.3) is 0 Å². The molecule has 142 valence electrons. The van der Waals surface area contributed by atoms with Gasteiger partial charge in [0.25, 0.3) is 0 Å². The highest BCUT2D eigenvalue weighted by molar-refractivity contribution is 5.96. The summed E-state index contributed by atoms with van der Waals surface area (Å²) in [6.45, 7) is 3.29. The van der Waals surface area contributed by atoms with Crippen LogP contribution in [0.4, 0.5) is 10.5 Å². The van der Waals surface area contributed by atoms with Crippen molar-refractivity contribution in [1.29, 1.82) is 5.41 Å². The van der Waals surface area contributed by atoms with Crippen LogP contribution in [0.2, 0.25) is 0 Å². The number of nitrogens with two attached hydrogens (primary N) is 1. The average Bonchev–Trinajstić information content (AvgIpc) is 2.62. The van der Waals surface area contributed by atoms with Crippen molar-refractivity contribution in [2.45, 2.75) is 19.9 Å². The summed E-state index contributed by atoms with van der Waals surface area (Å²) in [6.07, 6.45) is 0. The zero-order chi connectivity index (χ0) is 20.0. The lowest BCUT2D eigenvalue weighted by atomic mass is 10.1. The molecule has 0 aromatic heterocycles. The lowest BCUT2D eigenvalue weighted by Gasteiger charge is -2.18. The van der Waals surface area contributed by atoms with Gasteiger partial charge in [-0.1, -0.05) is 29.8 Å². The Morgan fingerprint density at radius 2 is 1.74 bits per heavy atom. The fourth-order valence-electron chi connectivity index (χ4n) is 2.35. The van der Waals surface area contributed by atoms with E-state index in [2.05, 4.69) is 10.6 Å². The second-order valence-corrected chi connectivity index (χ2v) is 6.18. The maximum atomic E-state index is 12.1. The Morgan fingerprint density at radius 1 is 1.15 bits per heavy atom. The number of nitrogens with zero attached hydrogens (tertiary/aromatic N) is 1. The van der Waals surface area contributed by atoms with Crippen LogP contribution in [-0.2, 0) is 4.79 Å². The van der Waals surface area contributed by atoms with Crippen LogP contribution in [-0.4, -0.2) is 34.6 Å². The number of hydrogen-bond acceptors (Lipinski definition) is 4. The quantitative estimate of drug-likeness (QED) is 0.231. The molecule has 6 N–H and O–H groups in total. The predicted molar refractivity (Wildman–Crippen MR) is 103 cm³/mol. The standard InChI is InChI=1S/C19H23N5O3/c1-12-3-5-14(6-4-12)13(2)22-17(25)11-24(27)19(26)23-16-9-7-15(8-10-16)18(20)21/h3-10,13,27H,11H2,1-2H3,(H3,20,21)(H,22,25)(H,23,26). The third kappa shape index (κ3) is 5.82. The largest absolute Gasteiger partial charge is 0.384 e. The SMILES string of the molecule is Cc1ccc(C(C)NC(=O)CN(O)C(=O)Nc2ccc(C(=N)N)cc2)cc1. The molecule has 0 spiro atoms. The maximum absolute atomic E-state index is 12.1. The first kappa shape index (κ1) is 19.9. The highest BCUT2D eigenvalue weighted by Crippen LogP contribution is 2.13. The topological polar surface area (TPSA) is 132 Å². The van der Waals surface area contributed by atoms with E-state index in [1.165, 1.54) is 0 Å². The van der Waals surface area contributed by atoms with Gasteiger partial charge in [0.1, 0.15) is 12.4 Å². The molecule has 0 aliphatic rings. The van der Waals surface area contributed by atoms with Gasteiger partial charge in [-0.15, -0.1) is 0 Å². The molecule has 0 aliphatic heterocycles. The van der Waals surface area contributed by atoms with Crippen molar-refractivity contribution >= 4 is 23.5 Å². The highest BCUT2D eigenvalue weighted by Gasteiger charge is 2.17. The first-order valence-corrected chi connectivity index (χ1v) is 8.34. The molecule has 0 aliphatic carbocycles. The molecule has 8 heteroatoms. The van der Waals surface area contributed by atoms with Gasteiger partial charge in [-0.05, 0) is 43.7 Å². The van der Waals surface area contributed by atoms with E-state index in [1.807, 2.05) is 38.1 Å². The van der Waals surface area contributed by atoms with E-state index in [4.69, 9.17) is 11.1 Å². The van der Waals surface area contributed by atoms with Crippen molar-refractivity contribution < 1.29 is 14.8 Å². The Labute approximate surface area is 157 Å². The summed E-state index contributed by atoms with van der Waals surface area (Å²) in [4.78, 5) is 24.0. The van der Waals surface area contributed by atoms with E-state index < -0.39 is 18.5 Å². The van der Waals surface area contributed by atoms with E-state index in [-0.39, 0.29) is 11.9 Å².